The summed E-state index contributed by atoms with van der Waals surface area (Å²) in [4.78, 5) is 13.6. The van der Waals surface area contributed by atoms with Gasteiger partial charge in [-0.3, -0.25) is 4.79 Å². The summed E-state index contributed by atoms with van der Waals surface area (Å²) in [6.07, 6.45) is 0.879. The van der Waals surface area contributed by atoms with Gasteiger partial charge in [0, 0.05) is 50.1 Å². The Morgan fingerprint density at radius 2 is 1.77 bits per heavy atom. The number of carbonyl (C=O) groups excluding carboxylic acids is 1. The smallest absolute Gasteiger partial charge is 0.241 e. The first kappa shape index (κ1) is 20.5. The van der Waals surface area contributed by atoms with Gasteiger partial charge >= 0.3 is 0 Å². The van der Waals surface area contributed by atoms with Crippen molar-refractivity contribution in [2.45, 2.75) is 17.7 Å². The molecule has 142 valence electrons. The first-order valence-electron chi connectivity index (χ1n) is 8.43. The minimum Gasteiger partial charge on any atom is -0.377 e. The molecule has 2 N–H and O–H groups in total. The van der Waals surface area contributed by atoms with Crippen LogP contribution in [0.4, 0.5) is 5.69 Å². The topological polar surface area (TPSA) is 78.5 Å². The van der Waals surface area contributed by atoms with Crippen molar-refractivity contribution in [3.63, 3.8) is 0 Å². The zero-order chi connectivity index (χ0) is 19.2. The lowest BCUT2D eigenvalue weighted by Gasteiger charge is -2.17. The van der Waals surface area contributed by atoms with Gasteiger partial charge in [-0.2, -0.15) is 12.6 Å². The largest absolute Gasteiger partial charge is 0.377 e. The molecule has 0 aliphatic rings. The van der Waals surface area contributed by atoms with E-state index in [1.165, 1.54) is 0 Å². The highest BCUT2D eigenvalue weighted by molar-refractivity contribution is 7.89. The van der Waals surface area contributed by atoms with Crippen LogP contribution in [0.1, 0.15) is 12.8 Å². The van der Waals surface area contributed by atoms with Crippen LogP contribution in [0, 0.1) is 0 Å². The minimum absolute atomic E-state index is 0.0758. The molecule has 0 aliphatic heterocycles. The fourth-order valence-corrected chi connectivity index (χ4v) is 4.18. The molecule has 8 heteroatoms. The summed E-state index contributed by atoms with van der Waals surface area (Å²) in [7, 11) is 0.220. The third-order valence-corrected chi connectivity index (χ3v) is 5.68. The SMILES string of the molecule is CN(C)c1cccc2c(S(=O)(=O)NCCCNC(=O)CCS)cccc12. The van der Waals surface area contributed by atoms with Gasteiger partial charge in [-0.15, -0.1) is 0 Å². The molecule has 1 amide bonds. The normalized spacial score (nSPS) is 11.5. The van der Waals surface area contributed by atoms with Crippen molar-refractivity contribution >= 4 is 45.0 Å². The summed E-state index contributed by atoms with van der Waals surface area (Å²) in [5.74, 6) is 0.419. The van der Waals surface area contributed by atoms with E-state index in [-0.39, 0.29) is 17.3 Å². The van der Waals surface area contributed by atoms with E-state index < -0.39 is 10.0 Å². The number of sulfonamides is 1. The van der Waals surface area contributed by atoms with Gasteiger partial charge in [-0.25, -0.2) is 13.1 Å². The second kappa shape index (κ2) is 9.25. The van der Waals surface area contributed by atoms with E-state index in [0.29, 0.717) is 30.5 Å². The molecule has 6 nitrogen and oxygen atoms in total. The number of nitrogens with one attached hydrogen (secondary N) is 2. The van der Waals surface area contributed by atoms with Crippen molar-refractivity contribution in [3.05, 3.63) is 36.4 Å². The Hall–Kier alpha value is -1.77. The Balaban J connectivity index is 2.10. The molecule has 0 fully saturated rings. The zero-order valence-corrected chi connectivity index (χ0v) is 16.7. The third-order valence-electron chi connectivity index (χ3n) is 3.94. The Labute approximate surface area is 160 Å². The predicted molar refractivity (Wildman–Crippen MR) is 110 cm³/mol. The van der Waals surface area contributed by atoms with Crippen LogP contribution in [0.25, 0.3) is 10.8 Å². The maximum absolute atomic E-state index is 12.7. The molecule has 2 rings (SSSR count). The van der Waals surface area contributed by atoms with Gasteiger partial charge < -0.3 is 10.2 Å². The first-order chi connectivity index (χ1) is 12.4. The molecule has 0 aliphatic carbocycles. The van der Waals surface area contributed by atoms with E-state index in [1.807, 2.05) is 43.3 Å². The molecule has 0 radical (unpaired) electrons. The fraction of sp³-hybridized carbons (Fsp3) is 0.389. The highest BCUT2D eigenvalue weighted by Crippen LogP contribution is 2.29. The number of carbonyl (C=O) groups is 1. The van der Waals surface area contributed by atoms with Crippen LogP contribution in [-0.4, -0.2) is 47.3 Å². The second-order valence-electron chi connectivity index (χ2n) is 6.10. The van der Waals surface area contributed by atoms with E-state index in [0.717, 1.165) is 11.1 Å². The van der Waals surface area contributed by atoms with Crippen LogP contribution >= 0.6 is 12.6 Å². The van der Waals surface area contributed by atoms with Gasteiger partial charge in [0.25, 0.3) is 0 Å². The van der Waals surface area contributed by atoms with Crippen LogP contribution in [0.2, 0.25) is 0 Å². The molecule has 0 bridgehead atoms. The number of hydrogen-bond acceptors (Lipinski definition) is 5. The molecule has 2 aromatic carbocycles. The summed E-state index contributed by atoms with van der Waals surface area (Å²) >= 11 is 4.00. The highest BCUT2D eigenvalue weighted by Gasteiger charge is 2.17. The van der Waals surface area contributed by atoms with Crippen molar-refractivity contribution in [2.75, 3.05) is 37.8 Å². The maximum Gasteiger partial charge on any atom is 0.241 e. The average molecular weight is 396 g/mol. The summed E-state index contributed by atoms with van der Waals surface area (Å²) < 4.78 is 28.0. The Kier molecular flexibility index (Phi) is 7.31. The zero-order valence-electron chi connectivity index (χ0n) is 15.0. The molecule has 26 heavy (non-hydrogen) atoms. The number of amides is 1. The minimum atomic E-state index is -3.63. The van der Waals surface area contributed by atoms with Gasteiger partial charge in [0.2, 0.25) is 15.9 Å². The molecule has 0 spiro atoms. The summed E-state index contributed by atoms with van der Waals surface area (Å²) in [6, 6.07) is 10.9. The summed E-state index contributed by atoms with van der Waals surface area (Å²) in [6.45, 7) is 0.683. The van der Waals surface area contributed by atoms with Crippen molar-refractivity contribution in [3.8, 4) is 0 Å². The number of rotatable bonds is 9. The van der Waals surface area contributed by atoms with Crippen LogP contribution in [0.5, 0.6) is 0 Å². The lowest BCUT2D eigenvalue weighted by Crippen LogP contribution is -2.30. The van der Waals surface area contributed by atoms with Crippen molar-refractivity contribution in [2.24, 2.45) is 0 Å². The Morgan fingerprint density at radius 1 is 1.08 bits per heavy atom. The standard InChI is InChI=1S/C18H25N3O3S2/c1-21(2)16-8-3-7-15-14(16)6-4-9-17(15)26(23,24)20-12-5-11-19-18(22)10-13-25/h3-4,6-9,20,25H,5,10-13H2,1-2H3,(H,19,22). The Bertz CT molecular complexity index is 867. The number of nitrogens with zero attached hydrogens (tertiary/aromatic N) is 1. The third kappa shape index (κ3) is 5.12. The van der Waals surface area contributed by atoms with Crippen molar-refractivity contribution < 1.29 is 13.2 Å². The van der Waals surface area contributed by atoms with E-state index in [4.69, 9.17) is 0 Å². The first-order valence-corrected chi connectivity index (χ1v) is 10.5. The Morgan fingerprint density at radius 3 is 2.46 bits per heavy atom. The van der Waals surface area contributed by atoms with Gasteiger partial charge in [0.15, 0.2) is 0 Å². The van der Waals surface area contributed by atoms with Gasteiger partial charge in [0.05, 0.1) is 4.90 Å². The predicted octanol–water partition coefficient (Wildman–Crippen LogP) is 2.01. The molecular weight excluding hydrogens is 370 g/mol. The van der Waals surface area contributed by atoms with Gasteiger partial charge in [0.1, 0.15) is 0 Å². The number of hydrogen-bond donors (Lipinski definition) is 3. The number of benzene rings is 2. The van der Waals surface area contributed by atoms with E-state index in [1.54, 1.807) is 12.1 Å². The van der Waals surface area contributed by atoms with Crippen molar-refractivity contribution in [1.29, 1.82) is 0 Å². The number of anilines is 1. The molecule has 0 saturated carbocycles. The summed E-state index contributed by atoms with van der Waals surface area (Å²) in [5.41, 5.74) is 0.964. The molecule has 0 atom stereocenters. The number of thiol groups is 1. The molecule has 0 heterocycles. The quantitative estimate of drug-likeness (QED) is 0.448. The van der Waals surface area contributed by atoms with E-state index in [2.05, 4.69) is 22.7 Å². The lowest BCUT2D eigenvalue weighted by atomic mass is 10.1. The maximum atomic E-state index is 12.7. The van der Waals surface area contributed by atoms with Crippen molar-refractivity contribution in [1.82, 2.24) is 10.0 Å². The average Bonchev–Trinajstić information content (AvgIpc) is 2.60. The molecule has 0 unspecified atom stereocenters. The molecule has 0 saturated heterocycles. The van der Waals surface area contributed by atoms with E-state index >= 15 is 0 Å². The molecular formula is C18H25N3O3S2. The van der Waals surface area contributed by atoms with E-state index in [9.17, 15) is 13.2 Å². The van der Waals surface area contributed by atoms with Crippen LogP contribution in [0.3, 0.4) is 0 Å². The second-order valence-corrected chi connectivity index (χ2v) is 8.28. The lowest BCUT2D eigenvalue weighted by molar-refractivity contribution is -0.120. The van der Waals surface area contributed by atoms with Gasteiger partial charge in [-0.05, 0) is 24.3 Å². The van der Waals surface area contributed by atoms with Crippen LogP contribution in [-0.2, 0) is 14.8 Å². The van der Waals surface area contributed by atoms with Gasteiger partial charge in [-0.1, -0.05) is 24.3 Å². The fourth-order valence-electron chi connectivity index (χ4n) is 2.68. The number of fused-ring (bicyclic) bond motifs is 1. The van der Waals surface area contributed by atoms with Crippen LogP contribution < -0.4 is 14.9 Å². The molecule has 2 aromatic rings. The summed E-state index contributed by atoms with van der Waals surface area (Å²) in [5, 5.41) is 4.31. The van der Waals surface area contributed by atoms with Crippen LogP contribution in [0.15, 0.2) is 41.3 Å². The highest BCUT2D eigenvalue weighted by atomic mass is 32.2. The monoisotopic (exact) mass is 395 g/mol. The molecule has 0 aromatic heterocycles.